The summed E-state index contributed by atoms with van der Waals surface area (Å²) >= 11 is 0. The maximum Gasteiger partial charge on any atom is 0.356 e. The molecule has 0 aliphatic rings. The number of hydrogen-bond donors (Lipinski definition) is 1. The molecule has 0 bridgehead atoms. The van der Waals surface area contributed by atoms with Crippen molar-refractivity contribution in [3.63, 3.8) is 0 Å². The topological polar surface area (TPSA) is 72.3 Å². The molecule has 1 N–H and O–H groups in total. The molecule has 0 atom stereocenters. The number of rotatable bonds is 3. The largest absolute Gasteiger partial charge is 0.464 e. The van der Waals surface area contributed by atoms with Gasteiger partial charge >= 0.3 is 5.97 Å². The lowest BCUT2D eigenvalue weighted by Gasteiger charge is -2.09. The van der Waals surface area contributed by atoms with Crippen LogP contribution in [0.25, 0.3) is 16.9 Å². The Kier molecular flexibility index (Phi) is 3.44. The van der Waals surface area contributed by atoms with Crippen molar-refractivity contribution in [2.24, 2.45) is 0 Å². The van der Waals surface area contributed by atoms with Gasteiger partial charge in [-0.3, -0.25) is 5.10 Å². The molecular weight excluding hydrogens is 280 g/mol. The predicted molar refractivity (Wildman–Crippen MR) is 82.9 cm³/mol. The van der Waals surface area contributed by atoms with Crippen LogP contribution in [-0.4, -0.2) is 32.7 Å². The van der Waals surface area contributed by atoms with Gasteiger partial charge in [0.1, 0.15) is 11.3 Å². The van der Waals surface area contributed by atoms with Crippen LogP contribution in [0, 0.1) is 6.92 Å². The van der Waals surface area contributed by atoms with Crippen LogP contribution in [0.15, 0.2) is 24.7 Å². The number of aryl methyl sites for hydroxylation is 1. The Hall–Kier alpha value is -2.63. The number of aromatic amines is 1. The Labute approximate surface area is 128 Å². The summed E-state index contributed by atoms with van der Waals surface area (Å²) in [7, 11) is 1.37. The van der Waals surface area contributed by atoms with E-state index in [0.29, 0.717) is 5.69 Å². The summed E-state index contributed by atoms with van der Waals surface area (Å²) in [6, 6.07) is 2.03. The Bertz CT molecular complexity index is 845. The first-order valence-electron chi connectivity index (χ1n) is 7.13. The number of nitrogens with one attached hydrogen (secondary N) is 1. The van der Waals surface area contributed by atoms with Crippen LogP contribution in [0.1, 0.15) is 41.4 Å². The Balaban J connectivity index is 2.21. The van der Waals surface area contributed by atoms with Gasteiger partial charge in [-0.15, -0.1) is 0 Å². The number of esters is 1. The van der Waals surface area contributed by atoms with E-state index in [1.807, 2.05) is 43.6 Å². The molecule has 0 aliphatic carbocycles. The lowest BCUT2D eigenvalue weighted by atomic mass is 9.97. The Morgan fingerprint density at radius 3 is 2.86 bits per heavy atom. The van der Waals surface area contributed by atoms with Crippen molar-refractivity contribution in [2.45, 2.75) is 26.7 Å². The van der Waals surface area contributed by atoms with Gasteiger partial charge in [0.2, 0.25) is 0 Å². The highest BCUT2D eigenvalue weighted by Gasteiger charge is 2.23. The zero-order valence-electron chi connectivity index (χ0n) is 13.0. The normalized spacial score (nSPS) is 11.3. The molecule has 0 saturated carbocycles. The highest BCUT2D eigenvalue weighted by atomic mass is 16.5. The summed E-state index contributed by atoms with van der Waals surface area (Å²) in [4.78, 5) is 16.2. The van der Waals surface area contributed by atoms with E-state index in [1.165, 1.54) is 7.11 Å². The molecule has 0 saturated heterocycles. The van der Waals surface area contributed by atoms with Gasteiger partial charge in [0.05, 0.1) is 12.8 Å². The average molecular weight is 298 g/mol. The summed E-state index contributed by atoms with van der Waals surface area (Å²) in [5, 5.41) is 7.17. The van der Waals surface area contributed by atoms with Gasteiger partial charge < -0.3 is 9.14 Å². The monoisotopic (exact) mass is 298 g/mol. The number of fused-ring (bicyclic) bond motifs is 1. The van der Waals surface area contributed by atoms with Gasteiger partial charge in [-0.25, -0.2) is 9.78 Å². The van der Waals surface area contributed by atoms with Crippen LogP contribution in [0.4, 0.5) is 0 Å². The quantitative estimate of drug-likeness (QED) is 0.755. The van der Waals surface area contributed by atoms with Crippen LogP contribution < -0.4 is 0 Å². The van der Waals surface area contributed by atoms with Crippen LogP contribution in [0.2, 0.25) is 0 Å². The summed E-state index contributed by atoms with van der Waals surface area (Å²) in [5.41, 5.74) is 4.96. The zero-order valence-corrected chi connectivity index (χ0v) is 13.0. The number of H-pyrrole nitrogens is 1. The second-order valence-corrected chi connectivity index (χ2v) is 5.58. The molecule has 22 heavy (non-hydrogen) atoms. The number of carbonyl (C=O) groups is 1. The highest BCUT2D eigenvalue weighted by molar-refractivity contribution is 5.91. The molecule has 3 heterocycles. The number of ether oxygens (including phenoxy) is 1. The molecule has 3 aromatic rings. The minimum atomic E-state index is -0.400. The van der Waals surface area contributed by atoms with E-state index in [1.54, 1.807) is 6.20 Å². The Morgan fingerprint density at radius 2 is 2.18 bits per heavy atom. The molecule has 0 aromatic carbocycles. The molecule has 0 fully saturated rings. The fourth-order valence-corrected chi connectivity index (χ4v) is 2.73. The van der Waals surface area contributed by atoms with Gasteiger partial charge in [-0.2, -0.15) is 5.10 Å². The smallest absolute Gasteiger partial charge is 0.356 e. The van der Waals surface area contributed by atoms with Crippen molar-refractivity contribution in [1.29, 1.82) is 0 Å². The molecule has 0 spiro atoms. The van der Waals surface area contributed by atoms with Crippen LogP contribution in [-0.2, 0) is 4.74 Å². The third kappa shape index (κ3) is 2.16. The summed E-state index contributed by atoms with van der Waals surface area (Å²) in [6.45, 7) is 6.07. The maximum atomic E-state index is 11.9. The van der Waals surface area contributed by atoms with Crippen molar-refractivity contribution in [3.8, 4) is 11.3 Å². The molecule has 6 nitrogen and oxygen atoms in total. The summed E-state index contributed by atoms with van der Waals surface area (Å²) < 4.78 is 6.79. The molecule has 114 valence electrons. The molecule has 0 radical (unpaired) electrons. The van der Waals surface area contributed by atoms with Crippen molar-refractivity contribution >= 4 is 11.6 Å². The number of methoxy groups -OCH3 is 1. The third-order valence-electron chi connectivity index (χ3n) is 3.72. The SMILES string of the molecule is COC(=O)c1[nH]nc(-c2cc(C)c3nccn3c2)c1C(C)C. The highest BCUT2D eigenvalue weighted by Crippen LogP contribution is 2.31. The predicted octanol–water partition coefficient (Wildman–Crippen LogP) is 2.94. The second-order valence-electron chi connectivity index (χ2n) is 5.58. The average Bonchev–Trinajstić information content (AvgIpc) is 3.12. The summed E-state index contributed by atoms with van der Waals surface area (Å²) in [5.74, 6) is -0.260. The van der Waals surface area contributed by atoms with E-state index >= 15 is 0 Å². The van der Waals surface area contributed by atoms with Crippen LogP contribution in [0.3, 0.4) is 0 Å². The van der Waals surface area contributed by atoms with Crippen molar-refractivity contribution in [2.75, 3.05) is 7.11 Å². The lowest BCUT2D eigenvalue weighted by molar-refractivity contribution is 0.0592. The second kappa shape index (κ2) is 5.29. The van der Waals surface area contributed by atoms with Gasteiger partial charge in [-0.05, 0) is 24.5 Å². The summed E-state index contributed by atoms with van der Waals surface area (Å²) in [6.07, 6.45) is 5.63. The number of aromatic nitrogens is 4. The van der Waals surface area contributed by atoms with Crippen LogP contribution in [0.5, 0.6) is 0 Å². The van der Waals surface area contributed by atoms with E-state index in [0.717, 1.165) is 28.0 Å². The number of hydrogen-bond acceptors (Lipinski definition) is 4. The molecule has 6 heteroatoms. The first-order chi connectivity index (χ1) is 10.5. The zero-order chi connectivity index (χ0) is 15.9. The number of nitrogens with zero attached hydrogens (tertiary/aromatic N) is 3. The van der Waals surface area contributed by atoms with E-state index in [-0.39, 0.29) is 5.92 Å². The molecule has 0 amide bonds. The minimum absolute atomic E-state index is 0.140. The number of imidazole rings is 1. The first-order valence-corrected chi connectivity index (χ1v) is 7.13. The van der Waals surface area contributed by atoms with E-state index in [2.05, 4.69) is 15.2 Å². The van der Waals surface area contributed by atoms with Gasteiger partial charge in [0.15, 0.2) is 0 Å². The fourth-order valence-electron chi connectivity index (χ4n) is 2.73. The van der Waals surface area contributed by atoms with Gasteiger partial charge in [0.25, 0.3) is 0 Å². The van der Waals surface area contributed by atoms with E-state index in [4.69, 9.17) is 4.74 Å². The van der Waals surface area contributed by atoms with Crippen molar-refractivity contribution in [1.82, 2.24) is 19.6 Å². The molecule has 0 aliphatic heterocycles. The van der Waals surface area contributed by atoms with E-state index < -0.39 is 5.97 Å². The first kappa shape index (κ1) is 14.3. The molecular formula is C16H18N4O2. The fraction of sp³-hybridized carbons (Fsp3) is 0.312. The number of pyridine rings is 1. The lowest BCUT2D eigenvalue weighted by Crippen LogP contribution is -2.06. The van der Waals surface area contributed by atoms with Crippen molar-refractivity contribution < 1.29 is 9.53 Å². The Morgan fingerprint density at radius 1 is 1.41 bits per heavy atom. The van der Waals surface area contributed by atoms with Gasteiger partial charge in [-0.1, -0.05) is 13.8 Å². The number of carbonyl (C=O) groups excluding carboxylic acids is 1. The molecule has 3 rings (SSSR count). The van der Waals surface area contributed by atoms with Crippen molar-refractivity contribution in [3.05, 3.63) is 41.5 Å². The molecule has 3 aromatic heterocycles. The molecule has 0 unspecified atom stereocenters. The maximum absolute atomic E-state index is 11.9. The minimum Gasteiger partial charge on any atom is -0.464 e. The van der Waals surface area contributed by atoms with E-state index in [9.17, 15) is 4.79 Å². The third-order valence-corrected chi connectivity index (χ3v) is 3.72. The van der Waals surface area contributed by atoms with Gasteiger partial charge in [0, 0.05) is 29.7 Å². The van der Waals surface area contributed by atoms with Crippen LogP contribution >= 0.6 is 0 Å². The standard InChI is InChI=1S/C16H18N4O2/c1-9(2)12-13(18-19-14(12)16(21)22-4)11-7-10(3)15-17-5-6-20(15)8-11/h5-9H,1-4H3,(H,18,19).